The van der Waals surface area contributed by atoms with E-state index in [1.54, 1.807) is 0 Å². The van der Waals surface area contributed by atoms with Crippen molar-refractivity contribution < 1.29 is 0 Å². The first-order chi connectivity index (χ1) is 15.2. The summed E-state index contributed by atoms with van der Waals surface area (Å²) in [6.07, 6.45) is 7.68. The van der Waals surface area contributed by atoms with Gasteiger partial charge in [0.1, 0.15) is 0 Å². The van der Waals surface area contributed by atoms with E-state index in [9.17, 15) is 0 Å². The summed E-state index contributed by atoms with van der Waals surface area (Å²) in [5.74, 6) is 0. The van der Waals surface area contributed by atoms with E-state index in [1.807, 2.05) is 6.34 Å². The maximum atomic E-state index is 4.89. The molecule has 1 atom stereocenters. The Kier molecular flexibility index (Phi) is 7.60. The summed E-state index contributed by atoms with van der Waals surface area (Å²) in [6, 6.07) is 15.8. The lowest BCUT2D eigenvalue weighted by Gasteiger charge is -2.31. The summed E-state index contributed by atoms with van der Waals surface area (Å²) in [5, 5.41) is 3.57. The Morgan fingerprint density at radius 2 is 1.84 bits per heavy atom. The molecule has 0 bridgehead atoms. The molecule has 1 heterocycles. The molecule has 0 amide bonds. The number of anilines is 1. The zero-order valence-corrected chi connectivity index (χ0v) is 20.7. The molecule has 0 spiro atoms. The van der Waals surface area contributed by atoms with Gasteiger partial charge in [-0.1, -0.05) is 84.0 Å². The fourth-order valence-electron chi connectivity index (χ4n) is 3.93. The fourth-order valence-corrected chi connectivity index (χ4v) is 3.93. The number of nitrogens with one attached hydrogen (secondary N) is 1. The van der Waals surface area contributed by atoms with E-state index >= 15 is 0 Å². The largest absolute Gasteiger partial charge is 0.358 e. The second kappa shape index (κ2) is 10.2. The van der Waals surface area contributed by atoms with Crippen molar-refractivity contribution in [2.45, 2.75) is 73.4 Å². The molecule has 170 valence electrons. The number of benzene rings is 2. The highest BCUT2D eigenvalue weighted by atomic mass is 15.2. The Morgan fingerprint density at radius 3 is 2.53 bits per heavy atom. The number of rotatable bonds is 8. The Hall–Kier alpha value is -2.81. The predicted octanol–water partition coefficient (Wildman–Crippen LogP) is 7.58. The van der Waals surface area contributed by atoms with Crippen molar-refractivity contribution in [3.05, 3.63) is 83.1 Å². The standard InChI is InChI=1S/C29H39N3/c1-8-11-23-12-10-13-24(17-23)19-32-20-30-27(18-25(32)9-2)26-15-14-21(3)16-28(26)31-22(4)29(5,6)7/h10,12-18,20,25,31H,4,8-9,11,19H2,1-3,5-7H3. The molecule has 1 unspecified atom stereocenters. The fraction of sp³-hybridized carbons (Fsp3) is 0.414. The lowest BCUT2D eigenvalue weighted by atomic mass is 9.92. The molecule has 1 aliphatic heterocycles. The molecule has 1 N–H and O–H groups in total. The van der Waals surface area contributed by atoms with Crippen molar-refractivity contribution in [2.75, 3.05) is 5.32 Å². The molecule has 3 rings (SSSR count). The van der Waals surface area contributed by atoms with Crippen LogP contribution in [0.3, 0.4) is 0 Å². The molecular weight excluding hydrogens is 390 g/mol. The Bertz CT molecular complexity index is 1010. The molecule has 3 heteroatoms. The first-order valence-corrected chi connectivity index (χ1v) is 11.9. The summed E-state index contributed by atoms with van der Waals surface area (Å²) in [6.45, 7) is 18.3. The van der Waals surface area contributed by atoms with Crippen LogP contribution in [0.1, 0.15) is 69.7 Å². The van der Waals surface area contributed by atoms with E-state index in [1.165, 1.54) is 23.1 Å². The van der Waals surface area contributed by atoms with Gasteiger partial charge < -0.3 is 10.2 Å². The van der Waals surface area contributed by atoms with Crippen LogP contribution in [-0.4, -0.2) is 17.3 Å². The molecule has 3 nitrogen and oxygen atoms in total. The van der Waals surface area contributed by atoms with E-state index in [4.69, 9.17) is 4.99 Å². The van der Waals surface area contributed by atoms with Gasteiger partial charge in [0.05, 0.1) is 18.1 Å². The quantitative estimate of drug-likeness (QED) is 0.468. The number of allylic oxidation sites excluding steroid dienone is 1. The molecule has 32 heavy (non-hydrogen) atoms. The second-order valence-corrected chi connectivity index (χ2v) is 9.92. The van der Waals surface area contributed by atoms with Gasteiger partial charge in [0.15, 0.2) is 0 Å². The van der Waals surface area contributed by atoms with Crippen LogP contribution in [0.2, 0.25) is 0 Å². The molecule has 2 aromatic rings. The molecular formula is C29H39N3. The minimum Gasteiger partial charge on any atom is -0.358 e. The van der Waals surface area contributed by atoms with Crippen molar-refractivity contribution in [1.29, 1.82) is 0 Å². The lowest BCUT2D eigenvalue weighted by Crippen LogP contribution is -2.34. The predicted molar refractivity (Wildman–Crippen MR) is 140 cm³/mol. The smallest absolute Gasteiger partial charge is 0.0920 e. The number of hydrogen-bond donors (Lipinski definition) is 1. The van der Waals surface area contributed by atoms with Crippen LogP contribution in [0, 0.1) is 12.3 Å². The Morgan fingerprint density at radius 1 is 1.09 bits per heavy atom. The highest BCUT2D eigenvalue weighted by molar-refractivity contribution is 5.83. The molecule has 0 fully saturated rings. The molecule has 0 aromatic heterocycles. The second-order valence-electron chi connectivity index (χ2n) is 9.92. The zero-order valence-electron chi connectivity index (χ0n) is 20.7. The van der Waals surface area contributed by atoms with E-state index in [0.717, 1.165) is 42.0 Å². The van der Waals surface area contributed by atoms with E-state index in [0.29, 0.717) is 6.04 Å². The maximum absolute atomic E-state index is 4.89. The zero-order chi connectivity index (χ0) is 23.3. The summed E-state index contributed by atoms with van der Waals surface area (Å²) in [5.41, 5.74) is 8.19. The van der Waals surface area contributed by atoms with Crippen LogP contribution in [0.15, 0.2) is 65.8 Å². The monoisotopic (exact) mass is 429 g/mol. The Labute approximate surface area is 195 Å². The van der Waals surface area contributed by atoms with Crippen LogP contribution in [0.5, 0.6) is 0 Å². The van der Waals surface area contributed by atoms with Gasteiger partial charge in [-0.15, -0.1) is 0 Å². The van der Waals surface area contributed by atoms with Gasteiger partial charge in [-0.3, -0.25) is 0 Å². The van der Waals surface area contributed by atoms with Crippen molar-refractivity contribution in [1.82, 2.24) is 4.90 Å². The van der Waals surface area contributed by atoms with Crippen molar-refractivity contribution in [3.8, 4) is 0 Å². The van der Waals surface area contributed by atoms with Crippen molar-refractivity contribution in [3.63, 3.8) is 0 Å². The van der Waals surface area contributed by atoms with E-state index < -0.39 is 0 Å². The molecule has 0 saturated heterocycles. The summed E-state index contributed by atoms with van der Waals surface area (Å²) in [4.78, 5) is 7.24. The number of aryl methyl sites for hydroxylation is 2. The van der Waals surface area contributed by atoms with Crippen molar-refractivity contribution in [2.24, 2.45) is 10.4 Å². The van der Waals surface area contributed by atoms with Gasteiger partial charge >= 0.3 is 0 Å². The third kappa shape index (κ3) is 5.91. The summed E-state index contributed by atoms with van der Waals surface area (Å²) < 4.78 is 0. The van der Waals surface area contributed by atoms with Crippen molar-refractivity contribution >= 4 is 17.7 Å². The molecule has 0 radical (unpaired) electrons. The number of aliphatic imine (C=N–C) groups is 1. The Balaban J connectivity index is 1.84. The molecule has 0 aliphatic carbocycles. The van der Waals surface area contributed by atoms with Crippen LogP contribution in [-0.2, 0) is 13.0 Å². The average molecular weight is 430 g/mol. The molecule has 0 saturated carbocycles. The van der Waals surface area contributed by atoms with Crippen LogP contribution < -0.4 is 5.32 Å². The third-order valence-corrected chi connectivity index (χ3v) is 6.08. The third-order valence-electron chi connectivity index (χ3n) is 6.08. The van der Waals surface area contributed by atoms with Gasteiger partial charge in [0.25, 0.3) is 0 Å². The van der Waals surface area contributed by atoms with Gasteiger partial charge in [-0.25, -0.2) is 4.99 Å². The van der Waals surface area contributed by atoms with Gasteiger partial charge in [-0.05, 0) is 48.6 Å². The summed E-state index contributed by atoms with van der Waals surface area (Å²) in [7, 11) is 0. The first kappa shape index (κ1) is 23.8. The van der Waals surface area contributed by atoms with E-state index in [2.05, 4.69) is 107 Å². The van der Waals surface area contributed by atoms with Gasteiger partial charge in [0, 0.05) is 28.9 Å². The normalized spacial score (nSPS) is 16.1. The highest BCUT2D eigenvalue weighted by Crippen LogP contribution is 2.33. The number of nitrogens with zero attached hydrogens (tertiary/aromatic N) is 2. The first-order valence-electron chi connectivity index (χ1n) is 11.9. The minimum absolute atomic E-state index is 0.0136. The lowest BCUT2D eigenvalue weighted by molar-refractivity contribution is 0.350. The minimum atomic E-state index is -0.0136. The SMILES string of the molecule is C=C(Nc1cc(C)ccc1C1=CC(CC)N(Cc2cccc(CCC)c2)C=N1)C(C)(C)C. The molecule has 1 aliphatic rings. The van der Waals surface area contributed by atoms with Crippen LogP contribution >= 0.6 is 0 Å². The maximum Gasteiger partial charge on any atom is 0.0920 e. The highest BCUT2D eigenvalue weighted by Gasteiger charge is 2.21. The average Bonchev–Trinajstić information content (AvgIpc) is 2.74. The summed E-state index contributed by atoms with van der Waals surface area (Å²) >= 11 is 0. The number of hydrogen-bond acceptors (Lipinski definition) is 3. The molecule has 2 aromatic carbocycles. The van der Waals surface area contributed by atoms with Gasteiger partial charge in [-0.2, -0.15) is 0 Å². The van der Waals surface area contributed by atoms with Crippen LogP contribution in [0.4, 0.5) is 5.69 Å². The van der Waals surface area contributed by atoms with E-state index in [-0.39, 0.29) is 5.41 Å². The topological polar surface area (TPSA) is 27.6 Å². The van der Waals surface area contributed by atoms with Gasteiger partial charge in [0.2, 0.25) is 0 Å². The van der Waals surface area contributed by atoms with Crippen LogP contribution in [0.25, 0.3) is 5.70 Å².